The SMILES string of the molecule is CCOc1cc(C=Nn2c(C(C)C)nc3ccc(Br)cc3c2=O)cc(Br)c1OCc1cccc(C)c1. The standard InChI is InChI=1S/C28H27Br2N3O3/c1-5-35-25-13-20(12-23(30)26(25)36-16-19-8-6-7-18(4)11-19)15-31-33-27(17(2)3)32-24-10-9-21(29)14-22(24)28(33)34/h6-15,17H,5,16H2,1-4H3. The summed E-state index contributed by atoms with van der Waals surface area (Å²) in [4.78, 5) is 18.0. The summed E-state index contributed by atoms with van der Waals surface area (Å²) in [5, 5.41) is 5.04. The van der Waals surface area contributed by atoms with Gasteiger partial charge in [-0.1, -0.05) is 59.6 Å². The first-order valence-corrected chi connectivity index (χ1v) is 13.3. The zero-order chi connectivity index (χ0) is 25.8. The van der Waals surface area contributed by atoms with Gasteiger partial charge in [-0.15, -0.1) is 0 Å². The van der Waals surface area contributed by atoms with Gasteiger partial charge in [0.2, 0.25) is 0 Å². The van der Waals surface area contributed by atoms with Gasteiger partial charge in [-0.3, -0.25) is 4.79 Å². The van der Waals surface area contributed by atoms with E-state index in [-0.39, 0.29) is 11.5 Å². The van der Waals surface area contributed by atoms with Crippen LogP contribution in [0.4, 0.5) is 0 Å². The zero-order valence-electron chi connectivity index (χ0n) is 20.6. The second kappa shape index (κ2) is 11.4. The van der Waals surface area contributed by atoms with E-state index in [2.05, 4.69) is 56.0 Å². The second-order valence-corrected chi connectivity index (χ2v) is 10.5. The number of nitrogens with zero attached hydrogens (tertiary/aromatic N) is 3. The van der Waals surface area contributed by atoms with Crippen molar-refractivity contribution < 1.29 is 9.47 Å². The van der Waals surface area contributed by atoms with Crippen molar-refractivity contribution in [1.29, 1.82) is 0 Å². The summed E-state index contributed by atoms with van der Waals surface area (Å²) < 4.78 is 14.9. The summed E-state index contributed by atoms with van der Waals surface area (Å²) in [5.74, 6) is 1.81. The van der Waals surface area contributed by atoms with Crippen molar-refractivity contribution >= 4 is 49.0 Å². The Balaban J connectivity index is 1.70. The van der Waals surface area contributed by atoms with Gasteiger partial charge in [0.15, 0.2) is 11.5 Å². The van der Waals surface area contributed by atoms with Gasteiger partial charge in [0.1, 0.15) is 12.4 Å². The van der Waals surface area contributed by atoms with Gasteiger partial charge in [0.25, 0.3) is 5.56 Å². The van der Waals surface area contributed by atoms with Gasteiger partial charge in [-0.05, 0) is 71.2 Å². The van der Waals surface area contributed by atoms with Crippen LogP contribution in [0.15, 0.2) is 73.4 Å². The second-order valence-electron chi connectivity index (χ2n) is 8.69. The molecule has 1 heterocycles. The van der Waals surface area contributed by atoms with E-state index in [0.717, 1.165) is 20.1 Å². The predicted molar refractivity (Wildman–Crippen MR) is 152 cm³/mol. The predicted octanol–water partition coefficient (Wildman–Crippen LogP) is 7.21. The molecule has 186 valence electrons. The number of halogens is 2. The van der Waals surface area contributed by atoms with E-state index < -0.39 is 0 Å². The summed E-state index contributed by atoms with van der Waals surface area (Å²) in [6.07, 6.45) is 1.64. The minimum atomic E-state index is -0.219. The van der Waals surface area contributed by atoms with E-state index in [1.165, 1.54) is 10.2 Å². The third kappa shape index (κ3) is 5.87. The van der Waals surface area contributed by atoms with Crippen LogP contribution < -0.4 is 15.0 Å². The lowest BCUT2D eigenvalue weighted by Gasteiger charge is -2.15. The first kappa shape index (κ1) is 26.1. The smallest absolute Gasteiger partial charge is 0.282 e. The van der Waals surface area contributed by atoms with Gasteiger partial charge in [-0.25, -0.2) is 4.98 Å². The van der Waals surface area contributed by atoms with Crippen molar-refractivity contribution in [3.05, 3.63) is 96.4 Å². The molecular weight excluding hydrogens is 586 g/mol. The van der Waals surface area contributed by atoms with Gasteiger partial charge in [0, 0.05) is 10.4 Å². The Morgan fingerprint density at radius 1 is 1.08 bits per heavy atom. The average Bonchev–Trinajstić information content (AvgIpc) is 2.83. The fraction of sp³-hybridized carbons (Fsp3) is 0.250. The number of rotatable bonds is 8. The molecule has 0 N–H and O–H groups in total. The van der Waals surface area contributed by atoms with Crippen molar-refractivity contribution in [3.8, 4) is 11.5 Å². The molecule has 4 aromatic rings. The van der Waals surface area contributed by atoms with E-state index in [9.17, 15) is 4.79 Å². The Hall–Kier alpha value is -2.97. The fourth-order valence-corrected chi connectivity index (χ4v) is 4.73. The molecule has 4 rings (SSSR count). The first-order chi connectivity index (χ1) is 17.3. The van der Waals surface area contributed by atoms with Crippen LogP contribution in [-0.2, 0) is 6.61 Å². The fourth-order valence-electron chi connectivity index (χ4n) is 3.80. The molecule has 0 amide bonds. The molecule has 0 saturated heterocycles. The van der Waals surface area contributed by atoms with Crippen LogP contribution in [0, 0.1) is 6.92 Å². The molecule has 0 bridgehead atoms. The maximum absolute atomic E-state index is 13.3. The summed E-state index contributed by atoms with van der Waals surface area (Å²) in [5.41, 5.74) is 3.44. The Morgan fingerprint density at radius 3 is 2.61 bits per heavy atom. The number of aryl methyl sites for hydroxylation is 1. The lowest BCUT2D eigenvalue weighted by Crippen LogP contribution is -2.23. The van der Waals surface area contributed by atoms with E-state index in [0.29, 0.717) is 41.4 Å². The Labute approximate surface area is 227 Å². The monoisotopic (exact) mass is 611 g/mol. The van der Waals surface area contributed by atoms with E-state index >= 15 is 0 Å². The molecule has 0 radical (unpaired) electrons. The number of hydrogen-bond acceptors (Lipinski definition) is 5. The Bertz CT molecular complexity index is 1500. The topological polar surface area (TPSA) is 65.7 Å². The number of benzene rings is 3. The first-order valence-electron chi connectivity index (χ1n) is 11.7. The number of aromatic nitrogens is 2. The van der Waals surface area contributed by atoms with E-state index in [1.54, 1.807) is 12.3 Å². The average molecular weight is 613 g/mol. The van der Waals surface area contributed by atoms with Crippen LogP contribution in [0.5, 0.6) is 11.5 Å². The van der Waals surface area contributed by atoms with E-state index in [1.807, 2.05) is 57.2 Å². The number of hydrogen-bond donors (Lipinski definition) is 0. The molecular formula is C28H27Br2N3O3. The molecule has 6 nitrogen and oxygen atoms in total. The van der Waals surface area contributed by atoms with Gasteiger partial charge in [-0.2, -0.15) is 9.78 Å². The normalized spacial score (nSPS) is 11.5. The molecule has 8 heteroatoms. The van der Waals surface area contributed by atoms with Crippen LogP contribution in [-0.4, -0.2) is 22.5 Å². The molecule has 0 aliphatic heterocycles. The summed E-state index contributed by atoms with van der Waals surface area (Å²) in [6.45, 7) is 8.85. The zero-order valence-corrected chi connectivity index (χ0v) is 23.8. The molecule has 0 saturated carbocycles. The highest BCUT2D eigenvalue weighted by molar-refractivity contribution is 9.10. The molecule has 0 spiro atoms. The van der Waals surface area contributed by atoms with Crippen molar-refractivity contribution in [3.63, 3.8) is 0 Å². The molecule has 0 unspecified atom stereocenters. The van der Waals surface area contributed by atoms with Crippen molar-refractivity contribution in [2.75, 3.05) is 6.61 Å². The Kier molecular flexibility index (Phi) is 8.26. The third-order valence-corrected chi connectivity index (χ3v) is 6.55. The number of fused-ring (bicyclic) bond motifs is 1. The molecule has 0 aliphatic carbocycles. The summed E-state index contributed by atoms with van der Waals surface area (Å²) in [6, 6.07) is 17.4. The van der Waals surface area contributed by atoms with Gasteiger partial charge >= 0.3 is 0 Å². The van der Waals surface area contributed by atoms with Gasteiger partial charge < -0.3 is 9.47 Å². The highest BCUT2D eigenvalue weighted by Crippen LogP contribution is 2.37. The van der Waals surface area contributed by atoms with Crippen LogP contribution in [0.2, 0.25) is 0 Å². The van der Waals surface area contributed by atoms with Crippen molar-refractivity contribution in [1.82, 2.24) is 9.66 Å². The molecule has 0 aliphatic rings. The van der Waals surface area contributed by atoms with Crippen LogP contribution >= 0.6 is 31.9 Å². The van der Waals surface area contributed by atoms with E-state index in [4.69, 9.17) is 14.5 Å². The summed E-state index contributed by atoms with van der Waals surface area (Å²) >= 11 is 7.06. The molecule has 3 aromatic carbocycles. The van der Waals surface area contributed by atoms with Crippen LogP contribution in [0.1, 0.15) is 49.2 Å². The maximum Gasteiger partial charge on any atom is 0.282 e. The highest BCUT2D eigenvalue weighted by Gasteiger charge is 2.15. The molecule has 0 atom stereocenters. The molecule has 1 aromatic heterocycles. The van der Waals surface area contributed by atoms with Crippen LogP contribution in [0.3, 0.4) is 0 Å². The minimum Gasteiger partial charge on any atom is -0.490 e. The largest absolute Gasteiger partial charge is 0.490 e. The molecule has 0 fully saturated rings. The molecule has 36 heavy (non-hydrogen) atoms. The lowest BCUT2D eigenvalue weighted by atomic mass is 10.1. The quantitative estimate of drug-likeness (QED) is 0.197. The van der Waals surface area contributed by atoms with Crippen molar-refractivity contribution in [2.45, 2.75) is 40.2 Å². The summed E-state index contributed by atoms with van der Waals surface area (Å²) in [7, 11) is 0. The number of ether oxygens (including phenoxy) is 2. The van der Waals surface area contributed by atoms with Crippen molar-refractivity contribution in [2.24, 2.45) is 5.10 Å². The van der Waals surface area contributed by atoms with Crippen LogP contribution in [0.25, 0.3) is 10.9 Å². The maximum atomic E-state index is 13.3. The minimum absolute atomic E-state index is 0.00557. The lowest BCUT2D eigenvalue weighted by molar-refractivity contribution is 0.267. The Morgan fingerprint density at radius 2 is 1.89 bits per heavy atom. The third-order valence-electron chi connectivity index (χ3n) is 5.47. The highest BCUT2D eigenvalue weighted by atomic mass is 79.9. The van der Waals surface area contributed by atoms with Gasteiger partial charge in [0.05, 0.1) is 28.2 Å².